The third-order valence-electron chi connectivity index (χ3n) is 7.54. The molecule has 2 unspecified atom stereocenters. The van der Waals surface area contributed by atoms with Crippen LogP contribution >= 0.6 is 23.1 Å². The minimum atomic E-state index is -0.823. The van der Waals surface area contributed by atoms with Crippen molar-refractivity contribution in [1.82, 2.24) is 4.57 Å². The molecule has 0 radical (unpaired) electrons. The monoisotopic (exact) mass is 601 g/mol. The number of phenols is 1. The second-order valence-electron chi connectivity index (χ2n) is 10.4. The van der Waals surface area contributed by atoms with E-state index in [-0.39, 0.29) is 40.6 Å². The number of fused-ring (bicyclic) bond motifs is 2. The Morgan fingerprint density at radius 2 is 1.62 bits per heavy atom. The van der Waals surface area contributed by atoms with E-state index in [1.54, 1.807) is 36.4 Å². The number of aromatic hydroxyl groups is 1. The van der Waals surface area contributed by atoms with Crippen molar-refractivity contribution in [3.05, 3.63) is 98.0 Å². The fraction of sp³-hybridized carbons (Fsp3) is 0.226. The number of nitrogens with zero attached hydrogens (tertiary/aromatic N) is 2. The summed E-state index contributed by atoms with van der Waals surface area (Å²) in [7, 11) is 1.43. The van der Waals surface area contributed by atoms with Crippen LogP contribution in [0.5, 0.6) is 11.5 Å². The van der Waals surface area contributed by atoms with Crippen molar-refractivity contribution < 1.29 is 24.2 Å². The number of imide groups is 1. The number of hydrogen-bond acceptors (Lipinski definition) is 8. The van der Waals surface area contributed by atoms with Gasteiger partial charge in [0.15, 0.2) is 11.5 Å². The van der Waals surface area contributed by atoms with Gasteiger partial charge >= 0.3 is 4.87 Å². The first-order chi connectivity index (χ1) is 20.2. The van der Waals surface area contributed by atoms with E-state index in [1.807, 2.05) is 38.1 Å². The zero-order valence-corrected chi connectivity index (χ0v) is 24.6. The number of methoxy groups -OCH3 is 1. The predicted octanol–water partition coefficient (Wildman–Crippen LogP) is 4.68. The molecule has 1 aromatic heterocycles. The molecule has 11 heteroatoms. The maximum atomic E-state index is 14.0. The summed E-state index contributed by atoms with van der Waals surface area (Å²) in [4.78, 5) is 55.7. The Hall–Kier alpha value is -4.35. The molecule has 3 amide bonds. The van der Waals surface area contributed by atoms with E-state index in [1.165, 1.54) is 22.6 Å². The lowest BCUT2D eigenvalue weighted by molar-refractivity contribution is -0.122. The molecule has 3 heterocycles. The second-order valence-corrected chi connectivity index (χ2v) is 12.5. The number of carbonyl (C=O) groups excluding carboxylic acids is 3. The normalized spacial score (nSPS) is 19.4. The van der Waals surface area contributed by atoms with Crippen molar-refractivity contribution in [2.24, 2.45) is 5.92 Å². The van der Waals surface area contributed by atoms with E-state index in [4.69, 9.17) is 4.74 Å². The Kier molecular flexibility index (Phi) is 7.15. The number of aromatic nitrogens is 1. The number of phenolic OH excluding ortho intramolecular Hbond substituents is 1. The van der Waals surface area contributed by atoms with E-state index in [0.29, 0.717) is 26.8 Å². The maximum Gasteiger partial charge on any atom is 0.308 e. The highest BCUT2D eigenvalue weighted by Gasteiger charge is 2.57. The first-order valence-electron chi connectivity index (χ1n) is 13.2. The smallest absolute Gasteiger partial charge is 0.308 e. The first-order valence-corrected chi connectivity index (χ1v) is 14.9. The highest BCUT2D eigenvalue weighted by molar-refractivity contribution is 8.00. The van der Waals surface area contributed by atoms with Crippen LogP contribution in [0, 0.1) is 19.8 Å². The lowest BCUT2D eigenvalue weighted by Crippen LogP contribution is -2.33. The van der Waals surface area contributed by atoms with Crippen LogP contribution < -0.4 is 19.8 Å². The average molecular weight is 602 g/mol. The van der Waals surface area contributed by atoms with Crippen LogP contribution in [0.3, 0.4) is 0 Å². The summed E-state index contributed by atoms with van der Waals surface area (Å²) in [6, 6.07) is 19.3. The van der Waals surface area contributed by atoms with Gasteiger partial charge < -0.3 is 15.2 Å². The molecule has 9 nitrogen and oxygen atoms in total. The van der Waals surface area contributed by atoms with Crippen molar-refractivity contribution in [2.75, 3.05) is 17.3 Å². The molecule has 214 valence electrons. The number of ether oxygens (including phenoxy) is 1. The average Bonchev–Trinajstić information content (AvgIpc) is 3.41. The summed E-state index contributed by atoms with van der Waals surface area (Å²) in [6.07, 6.45) is 0. The quantitative estimate of drug-likeness (QED) is 0.308. The molecule has 4 aromatic rings. The number of carbonyl (C=O) groups is 3. The lowest BCUT2D eigenvalue weighted by atomic mass is 9.83. The molecule has 2 aliphatic rings. The molecule has 1 fully saturated rings. The molecule has 42 heavy (non-hydrogen) atoms. The third kappa shape index (κ3) is 4.78. The summed E-state index contributed by atoms with van der Waals surface area (Å²) in [5.74, 6) is -2.48. The lowest BCUT2D eigenvalue weighted by Gasteiger charge is -2.31. The number of thiazole rings is 1. The van der Waals surface area contributed by atoms with Crippen LogP contribution in [0.25, 0.3) is 0 Å². The molecule has 6 rings (SSSR count). The molecule has 2 N–H and O–H groups in total. The molecule has 3 aromatic carbocycles. The topological polar surface area (TPSA) is 118 Å². The van der Waals surface area contributed by atoms with Gasteiger partial charge in [-0.25, -0.2) is 4.90 Å². The number of hydrogen-bond donors (Lipinski definition) is 2. The fourth-order valence-corrected chi connectivity index (χ4v) is 8.20. The van der Waals surface area contributed by atoms with Gasteiger partial charge in [0.2, 0.25) is 17.7 Å². The van der Waals surface area contributed by atoms with E-state index in [0.717, 1.165) is 34.2 Å². The number of amides is 3. The zero-order chi connectivity index (χ0) is 29.7. The fourth-order valence-electron chi connectivity index (χ4n) is 5.43. The second kappa shape index (κ2) is 10.8. The van der Waals surface area contributed by atoms with Gasteiger partial charge in [0.1, 0.15) is 11.8 Å². The van der Waals surface area contributed by atoms with Crippen molar-refractivity contribution in [3.8, 4) is 11.5 Å². The largest absolute Gasteiger partial charge is 0.504 e. The van der Waals surface area contributed by atoms with Crippen molar-refractivity contribution >= 4 is 52.2 Å². The Labute approximate surface area is 249 Å². The highest BCUT2D eigenvalue weighted by atomic mass is 32.2. The molecular weight excluding hydrogens is 574 g/mol. The molecule has 0 spiro atoms. The van der Waals surface area contributed by atoms with Crippen LogP contribution in [0.15, 0.2) is 76.6 Å². The molecule has 1 saturated heterocycles. The SMILES string of the molecule is COc1cc([C@@H]2c3sc(=O)n(CC(=O)Nc4ccc(C)cc4)c3SC3C(=O)N(c4ccc(C)cc4)C(=O)C32)ccc1O. The Bertz CT molecular complexity index is 1780. The van der Waals surface area contributed by atoms with Crippen LogP contribution in [0.4, 0.5) is 11.4 Å². The zero-order valence-electron chi connectivity index (χ0n) is 23.0. The Morgan fingerprint density at radius 1 is 0.952 bits per heavy atom. The number of aryl methyl sites for hydroxylation is 2. The predicted molar refractivity (Wildman–Crippen MR) is 162 cm³/mol. The number of nitrogens with one attached hydrogen (secondary N) is 1. The maximum absolute atomic E-state index is 14.0. The van der Waals surface area contributed by atoms with Gasteiger partial charge in [-0.3, -0.25) is 23.7 Å². The van der Waals surface area contributed by atoms with Gasteiger partial charge in [0, 0.05) is 16.5 Å². The van der Waals surface area contributed by atoms with E-state index < -0.39 is 17.1 Å². The van der Waals surface area contributed by atoms with Crippen LogP contribution in [0.1, 0.15) is 27.5 Å². The van der Waals surface area contributed by atoms with Gasteiger partial charge in [-0.05, 0) is 55.8 Å². The van der Waals surface area contributed by atoms with Gasteiger partial charge in [0.05, 0.1) is 23.7 Å². The van der Waals surface area contributed by atoms with Crippen molar-refractivity contribution in [2.45, 2.75) is 36.6 Å². The molecule has 0 bridgehead atoms. The van der Waals surface area contributed by atoms with E-state index in [9.17, 15) is 24.3 Å². The minimum absolute atomic E-state index is 0.0724. The van der Waals surface area contributed by atoms with Crippen LogP contribution in [-0.2, 0) is 20.9 Å². The molecule has 0 saturated carbocycles. The standard InChI is InChI=1S/C31H27N3O6S2/c1-16-4-9-19(10-5-16)32-23(36)15-33-30-27(42-31(33)39)24(18-8-13-21(35)22(14-18)40-3)25-26(41-30)29(38)34(28(25)37)20-11-6-17(2)7-12-20/h4-14,24-26,35H,15H2,1-3H3,(H,32,36)/t24-,25?,26?/m0/s1. The summed E-state index contributed by atoms with van der Waals surface area (Å²) in [5.41, 5.74) is 3.74. The molecule has 2 aliphatic heterocycles. The number of rotatable bonds is 6. The van der Waals surface area contributed by atoms with Crippen molar-refractivity contribution in [3.63, 3.8) is 0 Å². The van der Waals surface area contributed by atoms with Gasteiger partial charge in [0.25, 0.3) is 0 Å². The summed E-state index contributed by atoms with van der Waals surface area (Å²) in [5, 5.41) is 12.7. The van der Waals surface area contributed by atoms with Gasteiger partial charge in [-0.15, -0.1) is 0 Å². The molecular formula is C31H27N3O6S2. The van der Waals surface area contributed by atoms with E-state index in [2.05, 4.69) is 5.32 Å². The minimum Gasteiger partial charge on any atom is -0.504 e. The highest BCUT2D eigenvalue weighted by Crippen LogP contribution is 2.54. The van der Waals surface area contributed by atoms with Crippen molar-refractivity contribution in [1.29, 1.82) is 0 Å². The number of benzene rings is 3. The summed E-state index contributed by atoms with van der Waals surface area (Å²) < 4.78 is 6.71. The van der Waals surface area contributed by atoms with Gasteiger partial charge in [-0.2, -0.15) is 0 Å². The number of anilines is 2. The first kappa shape index (κ1) is 27.8. The Balaban J connectivity index is 1.43. The summed E-state index contributed by atoms with van der Waals surface area (Å²) in [6.45, 7) is 3.62. The summed E-state index contributed by atoms with van der Waals surface area (Å²) >= 11 is 2.11. The van der Waals surface area contributed by atoms with Gasteiger partial charge in [-0.1, -0.05) is 64.6 Å². The van der Waals surface area contributed by atoms with Crippen LogP contribution in [-0.4, -0.2) is 39.8 Å². The number of thioether (sulfide) groups is 1. The molecule has 3 atom stereocenters. The molecule has 0 aliphatic carbocycles. The van der Waals surface area contributed by atoms with Crippen LogP contribution in [0.2, 0.25) is 0 Å². The Morgan fingerprint density at radius 3 is 2.29 bits per heavy atom. The third-order valence-corrected chi connectivity index (χ3v) is 10.1. The van der Waals surface area contributed by atoms with E-state index >= 15 is 0 Å².